The molecule has 0 fully saturated rings. The number of carbonyl (C=O) groups excluding carboxylic acids is 1. The van der Waals surface area contributed by atoms with Gasteiger partial charge in [-0.2, -0.15) is 13.6 Å². The molecule has 1 aromatic carbocycles. The second-order valence-electron chi connectivity index (χ2n) is 2.63. The molecule has 1 rings (SSSR count). The van der Waals surface area contributed by atoms with Gasteiger partial charge in [-0.1, -0.05) is 12.1 Å². The zero-order chi connectivity index (χ0) is 10.8. The molecule has 0 saturated carbocycles. The van der Waals surface area contributed by atoms with Gasteiger partial charge < -0.3 is 5.61 Å². The van der Waals surface area contributed by atoms with Crippen LogP contribution in [0.5, 0.6) is 5.75 Å². The largest absolute Gasteiger partial charge is 1.00 e. The smallest absolute Gasteiger partial charge is 1.00 e. The summed E-state index contributed by atoms with van der Waals surface area (Å²) in [7, 11) is -4.09. The molecule has 15 heavy (non-hydrogen) atoms. The minimum absolute atomic E-state index is 0. The third-order valence-corrected chi connectivity index (χ3v) is 1.88. The van der Waals surface area contributed by atoms with Gasteiger partial charge in [0.25, 0.3) is 0 Å². The summed E-state index contributed by atoms with van der Waals surface area (Å²) in [6.45, 7) is 1.31. The van der Waals surface area contributed by atoms with Crippen molar-refractivity contribution in [2.45, 2.75) is 6.92 Å². The summed E-state index contributed by atoms with van der Waals surface area (Å²) < 4.78 is 25.7. The molecular weight excluding hydrogens is 213 g/mol. The standard InChI is InChI=1S/C8H9NO4S.Li.H/c1-6(10)7-4-2-3-5-8(7)13-14(9,11)12;;/h2-5H,1H3,(H2,9,11,12);;/q;+1;-1. The fourth-order valence-corrected chi connectivity index (χ4v) is 1.35. The summed E-state index contributed by atoms with van der Waals surface area (Å²) in [5, 5.41) is 4.68. The van der Waals surface area contributed by atoms with E-state index in [0.29, 0.717) is 0 Å². The minimum atomic E-state index is -4.09. The van der Waals surface area contributed by atoms with Gasteiger partial charge in [0.15, 0.2) is 11.5 Å². The maximum atomic E-state index is 11.0. The Morgan fingerprint density at radius 3 is 2.40 bits per heavy atom. The Kier molecular flexibility index (Phi) is 5.04. The molecular formula is C8H10LiNO4S. The van der Waals surface area contributed by atoms with Crippen molar-refractivity contribution in [3.05, 3.63) is 29.8 Å². The van der Waals surface area contributed by atoms with Crippen LogP contribution in [0.2, 0.25) is 0 Å². The SMILES string of the molecule is CC(=O)c1ccccc1OS(N)(=O)=O.[H-].[Li+]. The van der Waals surface area contributed by atoms with Crippen LogP contribution in [0.25, 0.3) is 0 Å². The number of benzene rings is 1. The molecule has 0 aliphatic carbocycles. The molecule has 0 unspecified atom stereocenters. The molecule has 0 bridgehead atoms. The zero-order valence-electron chi connectivity index (χ0n) is 9.43. The van der Waals surface area contributed by atoms with Crippen LogP contribution >= 0.6 is 0 Å². The normalized spacial score (nSPS) is 10.3. The van der Waals surface area contributed by atoms with E-state index >= 15 is 0 Å². The Hall–Kier alpha value is -0.803. The molecule has 0 heterocycles. The Labute approximate surface area is 102 Å². The van der Waals surface area contributed by atoms with Crippen LogP contribution < -0.4 is 28.2 Å². The first-order valence-corrected chi connectivity index (χ1v) is 5.19. The first kappa shape index (κ1) is 14.2. The molecule has 78 valence electrons. The van der Waals surface area contributed by atoms with Crippen molar-refractivity contribution in [2.75, 3.05) is 0 Å². The molecule has 0 aliphatic heterocycles. The van der Waals surface area contributed by atoms with Crippen LogP contribution in [-0.2, 0) is 10.3 Å². The zero-order valence-corrected chi connectivity index (χ0v) is 9.24. The van der Waals surface area contributed by atoms with Crippen molar-refractivity contribution < 1.29 is 37.7 Å². The van der Waals surface area contributed by atoms with E-state index in [-0.39, 0.29) is 37.4 Å². The topological polar surface area (TPSA) is 86.5 Å². The summed E-state index contributed by atoms with van der Waals surface area (Å²) in [6.07, 6.45) is 0. The number of rotatable bonds is 3. The van der Waals surface area contributed by atoms with Crippen LogP contribution in [0, 0.1) is 0 Å². The second kappa shape index (κ2) is 5.33. The van der Waals surface area contributed by atoms with Gasteiger partial charge in [-0.25, -0.2) is 0 Å². The molecule has 2 N–H and O–H groups in total. The van der Waals surface area contributed by atoms with Crippen molar-refractivity contribution in [3.63, 3.8) is 0 Å². The van der Waals surface area contributed by atoms with Crippen molar-refractivity contribution in [1.29, 1.82) is 0 Å². The van der Waals surface area contributed by atoms with Crippen molar-refractivity contribution in [2.24, 2.45) is 5.14 Å². The van der Waals surface area contributed by atoms with E-state index < -0.39 is 10.3 Å². The molecule has 0 amide bonds. The Balaban J connectivity index is 0. The summed E-state index contributed by atoms with van der Waals surface area (Å²) in [5.74, 6) is -0.341. The summed E-state index contributed by atoms with van der Waals surface area (Å²) >= 11 is 0. The molecule has 0 spiro atoms. The van der Waals surface area contributed by atoms with E-state index in [1.54, 1.807) is 12.1 Å². The predicted molar refractivity (Wildman–Crippen MR) is 51.3 cm³/mol. The first-order chi connectivity index (χ1) is 6.40. The van der Waals surface area contributed by atoms with Crippen LogP contribution in [-0.4, -0.2) is 14.2 Å². The number of hydrogen-bond donors (Lipinski definition) is 1. The Morgan fingerprint density at radius 2 is 1.93 bits per heavy atom. The van der Waals surface area contributed by atoms with Gasteiger partial charge in [0, 0.05) is 0 Å². The third kappa shape index (κ3) is 4.49. The van der Waals surface area contributed by atoms with Crippen molar-refractivity contribution in [1.82, 2.24) is 0 Å². The van der Waals surface area contributed by atoms with Gasteiger partial charge in [-0.15, -0.1) is 0 Å². The quantitative estimate of drug-likeness (QED) is 0.456. The van der Waals surface area contributed by atoms with E-state index in [0.717, 1.165) is 0 Å². The molecule has 7 heteroatoms. The Morgan fingerprint density at radius 1 is 1.40 bits per heavy atom. The number of nitrogens with two attached hydrogens (primary N) is 1. The van der Waals surface area contributed by atoms with Gasteiger partial charge >= 0.3 is 29.2 Å². The molecule has 1 aromatic rings. The monoisotopic (exact) mass is 223 g/mol. The number of Topliss-reactive ketones (excluding diaryl/α,β-unsaturated/α-hetero) is 1. The van der Waals surface area contributed by atoms with Crippen molar-refractivity contribution >= 4 is 16.1 Å². The number of carbonyl (C=O) groups is 1. The molecule has 0 saturated heterocycles. The minimum Gasteiger partial charge on any atom is -1.00 e. The summed E-state index contributed by atoms with van der Waals surface area (Å²) in [4.78, 5) is 11.0. The van der Waals surface area contributed by atoms with E-state index in [1.807, 2.05) is 0 Å². The number of ketones is 1. The van der Waals surface area contributed by atoms with E-state index in [9.17, 15) is 13.2 Å². The average molecular weight is 223 g/mol. The van der Waals surface area contributed by atoms with Crippen LogP contribution in [0.15, 0.2) is 24.3 Å². The van der Waals surface area contributed by atoms with Crippen molar-refractivity contribution in [3.8, 4) is 5.75 Å². The van der Waals surface area contributed by atoms with Crippen LogP contribution in [0.1, 0.15) is 18.7 Å². The molecule has 0 atom stereocenters. The number of hydrogen-bond acceptors (Lipinski definition) is 4. The molecule has 5 nitrogen and oxygen atoms in total. The van der Waals surface area contributed by atoms with Gasteiger partial charge in [-0.05, 0) is 19.1 Å². The first-order valence-electron chi connectivity index (χ1n) is 3.72. The van der Waals surface area contributed by atoms with E-state index in [1.165, 1.54) is 19.1 Å². The second-order valence-corrected chi connectivity index (χ2v) is 3.78. The van der Waals surface area contributed by atoms with Gasteiger partial charge in [0.1, 0.15) is 0 Å². The fraction of sp³-hybridized carbons (Fsp3) is 0.125. The molecule has 0 radical (unpaired) electrons. The Bertz CT molecular complexity index is 463. The number of para-hydroxylation sites is 1. The van der Waals surface area contributed by atoms with E-state index in [2.05, 4.69) is 9.32 Å². The van der Waals surface area contributed by atoms with Crippen LogP contribution in [0.4, 0.5) is 0 Å². The van der Waals surface area contributed by atoms with Crippen LogP contribution in [0.3, 0.4) is 0 Å². The van der Waals surface area contributed by atoms with Gasteiger partial charge in [0.2, 0.25) is 0 Å². The van der Waals surface area contributed by atoms with Gasteiger partial charge in [-0.3, -0.25) is 4.79 Å². The predicted octanol–water partition coefficient (Wildman–Crippen LogP) is -2.41. The fourth-order valence-electron chi connectivity index (χ4n) is 0.955. The van der Waals surface area contributed by atoms with E-state index in [4.69, 9.17) is 0 Å². The summed E-state index contributed by atoms with van der Waals surface area (Å²) in [5.41, 5.74) is 0.182. The maximum absolute atomic E-state index is 11.0. The van der Waals surface area contributed by atoms with Gasteiger partial charge in [0.05, 0.1) is 5.56 Å². The average Bonchev–Trinajstić information content (AvgIpc) is 2.01. The molecule has 0 aliphatic rings. The third-order valence-electron chi connectivity index (χ3n) is 1.47. The summed E-state index contributed by atoms with van der Waals surface area (Å²) in [6, 6.07) is 5.98. The maximum Gasteiger partial charge on any atom is 1.00 e. The molecule has 0 aromatic heterocycles.